The molecule has 8 nitrogen and oxygen atoms in total. The number of benzene rings is 1. The van der Waals surface area contributed by atoms with Crippen molar-refractivity contribution in [2.75, 3.05) is 11.5 Å². The average Bonchev–Trinajstić information content (AvgIpc) is 3.19. The van der Waals surface area contributed by atoms with Crippen molar-refractivity contribution in [3.63, 3.8) is 0 Å². The number of hydrogen-bond acceptors (Lipinski definition) is 5. The van der Waals surface area contributed by atoms with E-state index < -0.39 is 11.9 Å². The molecule has 0 atom stereocenters. The van der Waals surface area contributed by atoms with Crippen molar-refractivity contribution in [3.8, 4) is 5.69 Å². The molecule has 172 valence electrons. The van der Waals surface area contributed by atoms with Crippen molar-refractivity contribution in [3.05, 3.63) is 41.6 Å². The van der Waals surface area contributed by atoms with E-state index in [2.05, 4.69) is 12.0 Å². The molecule has 1 fully saturated rings. The molecule has 8 heteroatoms. The fraction of sp³-hybridized carbons (Fsp3) is 0.500. The molecule has 0 spiro atoms. The maximum absolute atomic E-state index is 13.5. The maximum atomic E-state index is 13.5. The van der Waals surface area contributed by atoms with Crippen molar-refractivity contribution >= 4 is 23.7 Å². The van der Waals surface area contributed by atoms with E-state index in [9.17, 15) is 14.4 Å². The van der Waals surface area contributed by atoms with Crippen LogP contribution in [0, 0.1) is 11.8 Å². The van der Waals surface area contributed by atoms with E-state index in [-0.39, 0.29) is 41.4 Å². The molecule has 1 amide bonds. The summed E-state index contributed by atoms with van der Waals surface area (Å²) in [7, 11) is 0. The van der Waals surface area contributed by atoms with Crippen LogP contribution in [0.15, 0.2) is 30.5 Å². The minimum Gasteiger partial charge on any atom is -0.478 e. The van der Waals surface area contributed by atoms with E-state index >= 15 is 0 Å². The summed E-state index contributed by atoms with van der Waals surface area (Å²) in [5, 5.41) is 13.7. The summed E-state index contributed by atoms with van der Waals surface area (Å²) in [4.78, 5) is 39.0. The highest BCUT2D eigenvalue weighted by atomic mass is 16.5. The minimum absolute atomic E-state index is 0.0241. The first-order valence-corrected chi connectivity index (χ1v) is 11.2. The standard InChI is InChI=1S/C24H31N3O5/c1-5-32-24(31)20-14-26(19-12-10-18(11-13-19)23(29)30)25-21(20)27(15(2)3)22(28)17-8-6-16(4)7-9-17/h10-17H,5-9H2,1-4H3,(H,29,30)/t16-,17-. The molecule has 1 saturated carbocycles. The first-order valence-electron chi connectivity index (χ1n) is 11.2. The molecule has 2 aromatic rings. The van der Waals surface area contributed by atoms with Crippen LogP contribution >= 0.6 is 0 Å². The Morgan fingerprint density at radius 2 is 1.78 bits per heavy atom. The van der Waals surface area contributed by atoms with Gasteiger partial charge in [0, 0.05) is 18.2 Å². The molecule has 3 rings (SSSR count). The lowest BCUT2D eigenvalue weighted by atomic mass is 9.82. The quantitative estimate of drug-likeness (QED) is 0.642. The summed E-state index contributed by atoms with van der Waals surface area (Å²) < 4.78 is 6.71. The second-order valence-electron chi connectivity index (χ2n) is 8.64. The van der Waals surface area contributed by atoms with Crippen molar-refractivity contribution in [2.24, 2.45) is 11.8 Å². The number of aromatic nitrogens is 2. The first-order chi connectivity index (χ1) is 15.2. The zero-order valence-corrected chi connectivity index (χ0v) is 19.1. The number of nitrogens with zero attached hydrogens (tertiary/aromatic N) is 3. The number of aromatic carboxylic acids is 1. The smallest absolute Gasteiger partial charge is 0.343 e. The molecule has 1 aromatic heterocycles. The molecular weight excluding hydrogens is 410 g/mol. The van der Waals surface area contributed by atoms with Crippen LogP contribution in [0.4, 0.5) is 5.82 Å². The number of carboxylic acid groups (broad SMARTS) is 1. The largest absolute Gasteiger partial charge is 0.478 e. The van der Waals surface area contributed by atoms with E-state index in [1.54, 1.807) is 24.0 Å². The number of amides is 1. The van der Waals surface area contributed by atoms with Crippen LogP contribution in [0.2, 0.25) is 0 Å². The molecule has 1 heterocycles. The topological polar surface area (TPSA) is 102 Å². The van der Waals surface area contributed by atoms with Gasteiger partial charge in [0.25, 0.3) is 0 Å². The van der Waals surface area contributed by atoms with Gasteiger partial charge in [0.15, 0.2) is 5.82 Å². The third-order valence-electron chi connectivity index (χ3n) is 5.92. The van der Waals surface area contributed by atoms with Crippen molar-refractivity contribution in [1.82, 2.24) is 9.78 Å². The van der Waals surface area contributed by atoms with E-state index in [1.165, 1.54) is 23.0 Å². The predicted octanol–water partition coefficient (Wildman–Crippen LogP) is 4.31. The van der Waals surface area contributed by atoms with Crippen LogP contribution < -0.4 is 4.90 Å². The van der Waals surface area contributed by atoms with Gasteiger partial charge in [-0.2, -0.15) is 0 Å². The van der Waals surface area contributed by atoms with Crippen LogP contribution in [-0.2, 0) is 9.53 Å². The van der Waals surface area contributed by atoms with E-state index in [0.29, 0.717) is 11.6 Å². The Labute approximate surface area is 188 Å². The molecule has 1 aromatic carbocycles. The highest BCUT2D eigenvalue weighted by Gasteiger charge is 2.34. The molecule has 32 heavy (non-hydrogen) atoms. The van der Waals surface area contributed by atoms with Gasteiger partial charge >= 0.3 is 11.9 Å². The monoisotopic (exact) mass is 441 g/mol. The van der Waals surface area contributed by atoms with Gasteiger partial charge in [-0.05, 0) is 76.6 Å². The Bertz CT molecular complexity index is 972. The first kappa shape index (κ1) is 23.5. The zero-order chi connectivity index (χ0) is 23.4. The third-order valence-corrected chi connectivity index (χ3v) is 5.92. The molecule has 0 unspecified atom stereocenters. The Hall–Kier alpha value is -3.16. The summed E-state index contributed by atoms with van der Waals surface area (Å²) in [5.74, 6) is -0.804. The Balaban J connectivity index is 2.02. The lowest BCUT2D eigenvalue weighted by Crippen LogP contribution is -2.43. The second-order valence-corrected chi connectivity index (χ2v) is 8.64. The van der Waals surface area contributed by atoms with Gasteiger partial charge in [-0.3, -0.25) is 9.69 Å². The molecule has 1 N–H and O–H groups in total. The molecule has 1 aliphatic rings. The Morgan fingerprint density at radius 3 is 2.31 bits per heavy atom. The van der Waals surface area contributed by atoms with Gasteiger partial charge < -0.3 is 9.84 Å². The predicted molar refractivity (Wildman–Crippen MR) is 120 cm³/mol. The molecule has 0 aliphatic heterocycles. The zero-order valence-electron chi connectivity index (χ0n) is 19.1. The highest BCUT2D eigenvalue weighted by Crippen LogP contribution is 2.33. The summed E-state index contributed by atoms with van der Waals surface area (Å²) in [6.07, 6.45) is 5.22. The summed E-state index contributed by atoms with van der Waals surface area (Å²) in [6, 6.07) is 5.96. The number of anilines is 1. The number of ether oxygens (including phenoxy) is 1. The summed E-state index contributed by atoms with van der Waals surface area (Å²) in [6.45, 7) is 7.93. The normalized spacial score (nSPS) is 18.4. The van der Waals surface area contributed by atoms with Gasteiger partial charge in [0.05, 0.1) is 17.9 Å². The fourth-order valence-electron chi connectivity index (χ4n) is 4.09. The summed E-state index contributed by atoms with van der Waals surface area (Å²) in [5.41, 5.74) is 0.937. The summed E-state index contributed by atoms with van der Waals surface area (Å²) >= 11 is 0. The molecule has 0 bridgehead atoms. The van der Waals surface area contributed by atoms with Gasteiger partial charge in [0.2, 0.25) is 5.91 Å². The minimum atomic E-state index is -1.02. The molecule has 1 aliphatic carbocycles. The lowest BCUT2D eigenvalue weighted by molar-refractivity contribution is -0.124. The number of hydrogen-bond donors (Lipinski definition) is 1. The van der Waals surface area contributed by atoms with Gasteiger partial charge in [0.1, 0.15) is 5.56 Å². The van der Waals surface area contributed by atoms with E-state index in [0.717, 1.165) is 25.7 Å². The number of esters is 1. The van der Waals surface area contributed by atoms with Crippen LogP contribution in [0.3, 0.4) is 0 Å². The number of carbonyl (C=O) groups excluding carboxylic acids is 2. The van der Waals surface area contributed by atoms with E-state index in [1.807, 2.05) is 13.8 Å². The van der Waals surface area contributed by atoms with Crippen LogP contribution in [0.5, 0.6) is 0 Å². The van der Waals surface area contributed by atoms with Crippen LogP contribution in [0.1, 0.15) is 74.1 Å². The Kier molecular flexibility index (Phi) is 7.33. The highest BCUT2D eigenvalue weighted by molar-refractivity contribution is 6.02. The third kappa shape index (κ3) is 5.00. The number of rotatable bonds is 7. The van der Waals surface area contributed by atoms with Crippen molar-refractivity contribution < 1.29 is 24.2 Å². The SMILES string of the molecule is CCOC(=O)c1cn(-c2ccc(C(=O)O)cc2)nc1N(C(=O)[C@H]1CC[C@H](C)CC1)C(C)C. The molecule has 0 saturated heterocycles. The molecular formula is C24H31N3O5. The van der Waals surface area contributed by atoms with E-state index in [4.69, 9.17) is 9.84 Å². The fourth-order valence-corrected chi connectivity index (χ4v) is 4.09. The Morgan fingerprint density at radius 1 is 1.16 bits per heavy atom. The second kappa shape index (κ2) is 9.97. The lowest BCUT2D eigenvalue weighted by Gasteiger charge is -2.32. The number of carboxylic acids is 1. The average molecular weight is 442 g/mol. The van der Waals surface area contributed by atoms with Crippen LogP contribution in [0.25, 0.3) is 5.69 Å². The van der Waals surface area contributed by atoms with Crippen molar-refractivity contribution in [2.45, 2.75) is 59.4 Å². The molecule has 0 radical (unpaired) electrons. The number of carbonyl (C=O) groups is 3. The van der Waals surface area contributed by atoms with Gasteiger partial charge in [-0.15, -0.1) is 5.10 Å². The maximum Gasteiger partial charge on any atom is 0.343 e. The van der Waals surface area contributed by atoms with Crippen LogP contribution in [-0.4, -0.2) is 45.4 Å². The van der Waals surface area contributed by atoms with Gasteiger partial charge in [-0.1, -0.05) is 6.92 Å². The van der Waals surface area contributed by atoms with Gasteiger partial charge in [-0.25, -0.2) is 14.3 Å². The van der Waals surface area contributed by atoms with Crippen molar-refractivity contribution in [1.29, 1.82) is 0 Å².